The Morgan fingerprint density at radius 1 is 1.30 bits per heavy atom. The highest BCUT2D eigenvalue weighted by Crippen LogP contribution is 2.29. The Hall–Kier alpha value is -1.72. The van der Waals surface area contributed by atoms with Crippen molar-refractivity contribution in [3.63, 3.8) is 0 Å². The number of piperazine rings is 1. The van der Waals surface area contributed by atoms with Crippen LogP contribution in [0, 0.1) is 0 Å². The topological polar surface area (TPSA) is 61.4 Å². The number of carbonyl (C=O) groups is 2. The van der Waals surface area contributed by atoms with Crippen molar-refractivity contribution < 1.29 is 9.59 Å². The lowest BCUT2D eigenvalue weighted by Crippen LogP contribution is -2.66. The highest BCUT2D eigenvalue weighted by molar-refractivity contribution is 6.03. The monoisotopic (exact) mass is 273 g/mol. The minimum Gasteiger partial charge on any atom is -0.294 e. The van der Waals surface area contributed by atoms with Crippen LogP contribution in [0.4, 0.5) is 0 Å². The van der Waals surface area contributed by atoms with Gasteiger partial charge in [-0.3, -0.25) is 25.1 Å². The molecule has 20 heavy (non-hydrogen) atoms. The van der Waals surface area contributed by atoms with Crippen LogP contribution in [0.2, 0.25) is 0 Å². The molecule has 2 aliphatic rings. The van der Waals surface area contributed by atoms with Crippen molar-refractivity contribution in [3.05, 3.63) is 35.9 Å². The molecule has 2 N–H and O–H groups in total. The number of imide groups is 1. The maximum absolute atomic E-state index is 12.2. The fourth-order valence-corrected chi connectivity index (χ4v) is 3.14. The molecule has 2 saturated heterocycles. The van der Waals surface area contributed by atoms with Gasteiger partial charge in [-0.25, -0.2) is 0 Å². The summed E-state index contributed by atoms with van der Waals surface area (Å²) in [5.74, 6) is -0.425. The van der Waals surface area contributed by atoms with Gasteiger partial charge in [-0.1, -0.05) is 30.3 Å². The second-order valence-corrected chi connectivity index (χ2v) is 5.76. The Morgan fingerprint density at radius 3 is 2.75 bits per heavy atom. The van der Waals surface area contributed by atoms with E-state index in [1.165, 1.54) is 5.56 Å². The largest absolute Gasteiger partial charge is 0.294 e. The Morgan fingerprint density at radius 2 is 2.05 bits per heavy atom. The molecule has 106 valence electrons. The Labute approximate surface area is 118 Å². The van der Waals surface area contributed by atoms with Gasteiger partial charge in [0.25, 0.3) is 0 Å². The molecule has 1 aromatic carbocycles. The lowest BCUT2D eigenvalue weighted by Gasteiger charge is -2.32. The molecule has 3 rings (SSSR count). The molecule has 0 saturated carbocycles. The number of carbonyl (C=O) groups excluding carboxylic acids is 2. The lowest BCUT2D eigenvalue weighted by atomic mass is 9.93. The molecule has 1 aromatic rings. The smallest absolute Gasteiger partial charge is 0.248 e. The predicted molar refractivity (Wildman–Crippen MR) is 74.8 cm³/mol. The summed E-state index contributed by atoms with van der Waals surface area (Å²) in [4.78, 5) is 25.7. The van der Waals surface area contributed by atoms with E-state index in [0.717, 1.165) is 13.0 Å². The second kappa shape index (κ2) is 5.00. The van der Waals surface area contributed by atoms with Crippen molar-refractivity contribution in [2.45, 2.75) is 31.5 Å². The van der Waals surface area contributed by atoms with E-state index in [1.807, 2.05) is 18.2 Å². The lowest BCUT2D eigenvalue weighted by molar-refractivity contribution is -0.137. The van der Waals surface area contributed by atoms with Crippen molar-refractivity contribution in [2.75, 3.05) is 13.1 Å². The molecular formula is C15H19N3O2. The summed E-state index contributed by atoms with van der Waals surface area (Å²) in [5, 5.41) is 5.59. The van der Waals surface area contributed by atoms with Crippen molar-refractivity contribution in [3.8, 4) is 0 Å². The first-order valence-electron chi connectivity index (χ1n) is 6.96. The molecule has 0 aromatic heterocycles. The van der Waals surface area contributed by atoms with Crippen LogP contribution >= 0.6 is 0 Å². The molecule has 2 heterocycles. The minimum absolute atomic E-state index is 0.184. The Bertz CT molecular complexity index is 531. The van der Waals surface area contributed by atoms with E-state index in [2.05, 4.69) is 34.6 Å². The Kier molecular flexibility index (Phi) is 3.31. The summed E-state index contributed by atoms with van der Waals surface area (Å²) in [5.41, 5.74) is 0.631. The van der Waals surface area contributed by atoms with Crippen molar-refractivity contribution in [1.82, 2.24) is 15.5 Å². The zero-order valence-corrected chi connectivity index (χ0v) is 11.6. The number of hydrogen-bond acceptors (Lipinski definition) is 4. The zero-order chi connectivity index (χ0) is 14.2. The number of nitrogens with zero attached hydrogens (tertiary/aromatic N) is 1. The molecule has 5 nitrogen and oxygen atoms in total. The minimum atomic E-state index is -0.609. The first kappa shape index (κ1) is 13.3. The third-order valence-electron chi connectivity index (χ3n) is 4.24. The molecule has 2 unspecified atom stereocenters. The van der Waals surface area contributed by atoms with E-state index in [4.69, 9.17) is 0 Å². The van der Waals surface area contributed by atoms with Gasteiger partial charge in [-0.05, 0) is 18.9 Å². The SMILES string of the molecule is CC1CC2(CN1Cc1ccccc1)NCC(=O)NC2=O. The maximum atomic E-state index is 12.2. The number of amides is 2. The summed E-state index contributed by atoms with van der Waals surface area (Å²) >= 11 is 0. The molecule has 2 aliphatic heterocycles. The van der Waals surface area contributed by atoms with Crippen molar-refractivity contribution in [2.24, 2.45) is 0 Å². The summed E-state index contributed by atoms with van der Waals surface area (Å²) < 4.78 is 0. The fourth-order valence-electron chi connectivity index (χ4n) is 3.14. The average Bonchev–Trinajstić information content (AvgIpc) is 2.74. The van der Waals surface area contributed by atoms with E-state index in [1.54, 1.807) is 0 Å². The van der Waals surface area contributed by atoms with Crippen LogP contribution in [0.5, 0.6) is 0 Å². The van der Waals surface area contributed by atoms with E-state index >= 15 is 0 Å². The molecule has 0 bridgehead atoms. The predicted octanol–water partition coefficient (Wildman–Crippen LogP) is 0.266. The number of rotatable bonds is 2. The normalized spacial score (nSPS) is 30.8. The van der Waals surface area contributed by atoms with E-state index in [0.29, 0.717) is 12.6 Å². The quantitative estimate of drug-likeness (QED) is 0.759. The van der Waals surface area contributed by atoms with Gasteiger partial charge in [-0.15, -0.1) is 0 Å². The van der Waals surface area contributed by atoms with Crippen LogP contribution in [0.3, 0.4) is 0 Å². The van der Waals surface area contributed by atoms with Crippen LogP contribution in [-0.4, -0.2) is 41.4 Å². The van der Waals surface area contributed by atoms with Crippen LogP contribution in [0.25, 0.3) is 0 Å². The maximum Gasteiger partial charge on any atom is 0.248 e. The first-order chi connectivity index (χ1) is 9.59. The Balaban J connectivity index is 1.73. The molecule has 2 atom stereocenters. The number of likely N-dealkylation sites (tertiary alicyclic amines) is 1. The summed E-state index contributed by atoms with van der Waals surface area (Å²) in [7, 11) is 0. The molecular weight excluding hydrogens is 254 g/mol. The van der Waals surface area contributed by atoms with Gasteiger partial charge in [0, 0.05) is 19.1 Å². The molecule has 1 spiro atoms. The zero-order valence-electron chi connectivity index (χ0n) is 11.6. The van der Waals surface area contributed by atoms with Gasteiger partial charge >= 0.3 is 0 Å². The molecule has 0 radical (unpaired) electrons. The number of hydrogen-bond donors (Lipinski definition) is 2. The third kappa shape index (κ3) is 2.34. The van der Waals surface area contributed by atoms with E-state index < -0.39 is 5.54 Å². The van der Waals surface area contributed by atoms with Gasteiger partial charge < -0.3 is 0 Å². The highest BCUT2D eigenvalue weighted by Gasteiger charge is 2.50. The molecule has 2 fully saturated rings. The fraction of sp³-hybridized carbons (Fsp3) is 0.467. The van der Waals surface area contributed by atoms with Crippen LogP contribution in [0.15, 0.2) is 30.3 Å². The van der Waals surface area contributed by atoms with Crippen LogP contribution in [-0.2, 0) is 16.1 Å². The number of nitrogens with one attached hydrogen (secondary N) is 2. The van der Waals surface area contributed by atoms with E-state index in [-0.39, 0.29) is 18.4 Å². The van der Waals surface area contributed by atoms with E-state index in [9.17, 15) is 9.59 Å². The van der Waals surface area contributed by atoms with Crippen LogP contribution in [0.1, 0.15) is 18.9 Å². The highest BCUT2D eigenvalue weighted by atomic mass is 16.2. The average molecular weight is 273 g/mol. The second-order valence-electron chi connectivity index (χ2n) is 5.76. The van der Waals surface area contributed by atoms with Crippen LogP contribution < -0.4 is 10.6 Å². The van der Waals surface area contributed by atoms with Crippen molar-refractivity contribution >= 4 is 11.8 Å². The standard InChI is InChI=1S/C15H19N3O2/c1-11-7-15(14(20)17-13(19)8-16-15)10-18(11)9-12-5-3-2-4-6-12/h2-6,11,16H,7-10H2,1H3,(H,17,19,20). The summed E-state index contributed by atoms with van der Waals surface area (Å²) in [6.45, 7) is 3.82. The van der Waals surface area contributed by atoms with Gasteiger partial charge in [-0.2, -0.15) is 0 Å². The molecule has 5 heteroatoms. The third-order valence-corrected chi connectivity index (χ3v) is 4.24. The molecule has 2 amide bonds. The van der Waals surface area contributed by atoms with Crippen molar-refractivity contribution in [1.29, 1.82) is 0 Å². The number of benzene rings is 1. The summed E-state index contributed by atoms with van der Waals surface area (Å²) in [6.07, 6.45) is 0.735. The summed E-state index contributed by atoms with van der Waals surface area (Å²) in [6, 6.07) is 10.5. The van der Waals surface area contributed by atoms with Gasteiger partial charge in [0.2, 0.25) is 11.8 Å². The van der Waals surface area contributed by atoms with Gasteiger partial charge in [0.05, 0.1) is 6.54 Å². The molecule has 0 aliphatic carbocycles. The van der Waals surface area contributed by atoms with Gasteiger partial charge in [0.15, 0.2) is 0 Å². The van der Waals surface area contributed by atoms with Gasteiger partial charge in [0.1, 0.15) is 5.54 Å². The first-order valence-corrected chi connectivity index (χ1v) is 6.96.